The minimum absolute atomic E-state index is 0.00892. The van der Waals surface area contributed by atoms with Crippen LogP contribution in [0.15, 0.2) is 36.4 Å². The molecule has 0 unspecified atom stereocenters. The molecule has 0 aliphatic rings. The number of anilines is 1. The molecule has 19 heavy (non-hydrogen) atoms. The summed E-state index contributed by atoms with van der Waals surface area (Å²) < 4.78 is 0. The maximum atomic E-state index is 12.1. The highest BCUT2D eigenvalue weighted by molar-refractivity contribution is 6.34. The van der Waals surface area contributed by atoms with Crippen LogP contribution in [0.2, 0.25) is 5.02 Å². The molecule has 3 nitrogen and oxygen atoms in total. The molecule has 0 spiro atoms. The number of benzene rings is 2. The molecule has 4 heteroatoms. The zero-order chi connectivity index (χ0) is 14.0. The number of rotatable bonds is 2. The highest BCUT2D eigenvalue weighted by Crippen LogP contribution is 2.23. The SMILES string of the molecule is Cc1ccc(NC(=O)c2cc(O)ccc2Cl)cc1C. The molecule has 2 rings (SSSR count). The lowest BCUT2D eigenvalue weighted by Gasteiger charge is -2.09. The van der Waals surface area contributed by atoms with E-state index in [1.165, 1.54) is 18.2 Å². The van der Waals surface area contributed by atoms with Gasteiger partial charge in [-0.1, -0.05) is 17.7 Å². The van der Waals surface area contributed by atoms with Gasteiger partial charge in [-0.15, -0.1) is 0 Å². The molecule has 0 aliphatic carbocycles. The second-order valence-corrected chi connectivity index (χ2v) is 4.82. The Kier molecular flexibility index (Phi) is 3.76. The van der Waals surface area contributed by atoms with Crippen LogP contribution < -0.4 is 5.32 Å². The second kappa shape index (κ2) is 5.33. The summed E-state index contributed by atoms with van der Waals surface area (Å²) in [6.07, 6.45) is 0. The van der Waals surface area contributed by atoms with Crippen molar-refractivity contribution in [2.45, 2.75) is 13.8 Å². The number of nitrogens with one attached hydrogen (secondary N) is 1. The summed E-state index contributed by atoms with van der Waals surface area (Å²) in [6.45, 7) is 3.99. The van der Waals surface area contributed by atoms with Crippen molar-refractivity contribution in [3.05, 3.63) is 58.1 Å². The molecule has 0 bridgehead atoms. The minimum atomic E-state index is -0.343. The first kappa shape index (κ1) is 13.4. The summed E-state index contributed by atoms with van der Waals surface area (Å²) in [5.74, 6) is -0.334. The van der Waals surface area contributed by atoms with Crippen molar-refractivity contribution in [1.82, 2.24) is 0 Å². The van der Waals surface area contributed by atoms with E-state index in [0.29, 0.717) is 10.7 Å². The molecule has 2 N–H and O–H groups in total. The van der Waals surface area contributed by atoms with Crippen LogP contribution in [0, 0.1) is 13.8 Å². The van der Waals surface area contributed by atoms with E-state index in [2.05, 4.69) is 5.32 Å². The van der Waals surface area contributed by atoms with E-state index in [9.17, 15) is 9.90 Å². The molecule has 0 atom stereocenters. The predicted molar refractivity (Wildman–Crippen MR) is 77.0 cm³/mol. The Morgan fingerprint density at radius 1 is 1.11 bits per heavy atom. The van der Waals surface area contributed by atoms with E-state index >= 15 is 0 Å². The third kappa shape index (κ3) is 3.06. The maximum Gasteiger partial charge on any atom is 0.257 e. The lowest BCUT2D eigenvalue weighted by atomic mass is 10.1. The second-order valence-electron chi connectivity index (χ2n) is 4.42. The van der Waals surface area contributed by atoms with Gasteiger partial charge in [-0.3, -0.25) is 4.79 Å². The molecular formula is C15H14ClNO2. The highest BCUT2D eigenvalue weighted by atomic mass is 35.5. The average Bonchev–Trinajstić information content (AvgIpc) is 2.36. The van der Waals surface area contributed by atoms with E-state index in [-0.39, 0.29) is 17.2 Å². The minimum Gasteiger partial charge on any atom is -0.508 e. The van der Waals surface area contributed by atoms with E-state index in [1.807, 2.05) is 32.0 Å². The summed E-state index contributed by atoms with van der Waals surface area (Å²) in [6, 6.07) is 9.94. The zero-order valence-electron chi connectivity index (χ0n) is 10.7. The molecule has 1 amide bonds. The van der Waals surface area contributed by atoms with Gasteiger partial charge in [-0.05, 0) is 55.3 Å². The zero-order valence-corrected chi connectivity index (χ0v) is 11.5. The fraction of sp³-hybridized carbons (Fsp3) is 0.133. The van der Waals surface area contributed by atoms with Gasteiger partial charge in [0, 0.05) is 5.69 Å². The number of halogens is 1. The smallest absolute Gasteiger partial charge is 0.257 e. The van der Waals surface area contributed by atoms with Crippen molar-refractivity contribution in [2.24, 2.45) is 0 Å². The summed E-state index contributed by atoms with van der Waals surface area (Å²) >= 11 is 5.94. The Balaban J connectivity index is 2.25. The van der Waals surface area contributed by atoms with Gasteiger partial charge in [0.2, 0.25) is 0 Å². The van der Waals surface area contributed by atoms with Crippen LogP contribution in [0.5, 0.6) is 5.75 Å². The van der Waals surface area contributed by atoms with E-state index in [1.54, 1.807) is 0 Å². The van der Waals surface area contributed by atoms with E-state index < -0.39 is 0 Å². The first-order valence-corrected chi connectivity index (χ1v) is 6.22. The molecule has 98 valence electrons. The number of phenols is 1. The first-order valence-electron chi connectivity index (χ1n) is 5.84. The predicted octanol–water partition coefficient (Wildman–Crippen LogP) is 3.91. The topological polar surface area (TPSA) is 49.3 Å². The lowest BCUT2D eigenvalue weighted by Crippen LogP contribution is -2.12. The largest absolute Gasteiger partial charge is 0.508 e. The number of carbonyl (C=O) groups is 1. The van der Waals surface area contributed by atoms with Crippen LogP contribution in [0.3, 0.4) is 0 Å². The lowest BCUT2D eigenvalue weighted by molar-refractivity contribution is 0.102. The van der Waals surface area contributed by atoms with Gasteiger partial charge in [-0.2, -0.15) is 0 Å². The summed E-state index contributed by atoms with van der Waals surface area (Å²) in [4.78, 5) is 12.1. The summed E-state index contributed by atoms with van der Waals surface area (Å²) in [7, 11) is 0. The van der Waals surface area contributed by atoms with Crippen molar-refractivity contribution in [3.63, 3.8) is 0 Å². The Bertz CT molecular complexity index is 638. The van der Waals surface area contributed by atoms with Crippen LogP contribution in [-0.4, -0.2) is 11.0 Å². The van der Waals surface area contributed by atoms with Crippen LogP contribution in [-0.2, 0) is 0 Å². The molecule has 0 aromatic heterocycles. The molecule has 2 aromatic rings. The van der Waals surface area contributed by atoms with Crippen LogP contribution in [0.25, 0.3) is 0 Å². The van der Waals surface area contributed by atoms with Gasteiger partial charge in [0.25, 0.3) is 5.91 Å². The molecule has 0 saturated carbocycles. The maximum absolute atomic E-state index is 12.1. The Morgan fingerprint density at radius 2 is 1.84 bits per heavy atom. The first-order chi connectivity index (χ1) is 8.97. The van der Waals surface area contributed by atoms with Gasteiger partial charge in [0.15, 0.2) is 0 Å². The van der Waals surface area contributed by atoms with Crippen molar-refractivity contribution >= 4 is 23.2 Å². The summed E-state index contributed by atoms with van der Waals surface area (Å²) in [5, 5.41) is 12.5. The Hall–Kier alpha value is -2.00. The average molecular weight is 276 g/mol. The quantitative estimate of drug-likeness (QED) is 0.873. The van der Waals surface area contributed by atoms with Gasteiger partial charge in [-0.25, -0.2) is 0 Å². The molecular weight excluding hydrogens is 262 g/mol. The van der Waals surface area contributed by atoms with Crippen LogP contribution in [0.4, 0.5) is 5.69 Å². The van der Waals surface area contributed by atoms with E-state index in [0.717, 1.165) is 11.1 Å². The van der Waals surface area contributed by atoms with Crippen LogP contribution >= 0.6 is 11.6 Å². The molecule has 0 aliphatic heterocycles. The number of hydrogen-bond acceptors (Lipinski definition) is 2. The van der Waals surface area contributed by atoms with Crippen molar-refractivity contribution in [2.75, 3.05) is 5.32 Å². The van der Waals surface area contributed by atoms with Gasteiger partial charge >= 0.3 is 0 Å². The van der Waals surface area contributed by atoms with Crippen molar-refractivity contribution < 1.29 is 9.90 Å². The van der Waals surface area contributed by atoms with Crippen LogP contribution in [0.1, 0.15) is 21.5 Å². The number of hydrogen-bond donors (Lipinski definition) is 2. The number of aryl methyl sites for hydroxylation is 2. The normalized spacial score (nSPS) is 10.3. The molecule has 0 radical (unpaired) electrons. The number of phenolic OH excluding ortho intramolecular Hbond substituents is 1. The third-order valence-corrected chi connectivity index (χ3v) is 3.29. The summed E-state index contributed by atoms with van der Waals surface area (Å²) in [5.41, 5.74) is 3.21. The van der Waals surface area contributed by atoms with Crippen molar-refractivity contribution in [3.8, 4) is 5.75 Å². The highest BCUT2D eigenvalue weighted by Gasteiger charge is 2.11. The fourth-order valence-corrected chi connectivity index (χ4v) is 1.91. The number of aromatic hydroxyl groups is 1. The molecule has 0 saturated heterocycles. The molecule has 0 fully saturated rings. The Morgan fingerprint density at radius 3 is 2.53 bits per heavy atom. The molecule has 2 aromatic carbocycles. The van der Waals surface area contributed by atoms with Gasteiger partial charge in [0.05, 0.1) is 10.6 Å². The fourth-order valence-electron chi connectivity index (χ4n) is 1.70. The standard InChI is InChI=1S/C15H14ClNO2/c1-9-3-4-11(7-10(9)2)17-15(19)13-8-12(18)5-6-14(13)16/h3-8,18H,1-2H3,(H,17,19). The Labute approximate surface area is 116 Å². The van der Waals surface area contributed by atoms with Gasteiger partial charge < -0.3 is 10.4 Å². The number of carbonyl (C=O) groups excluding carboxylic acids is 1. The molecule has 0 heterocycles. The number of amides is 1. The van der Waals surface area contributed by atoms with E-state index in [4.69, 9.17) is 11.6 Å². The monoisotopic (exact) mass is 275 g/mol. The van der Waals surface area contributed by atoms with Gasteiger partial charge in [0.1, 0.15) is 5.75 Å². The third-order valence-electron chi connectivity index (χ3n) is 2.96. The van der Waals surface area contributed by atoms with Crippen molar-refractivity contribution in [1.29, 1.82) is 0 Å².